The molecule has 0 saturated heterocycles. The summed E-state index contributed by atoms with van der Waals surface area (Å²) in [5, 5.41) is 3.86. The van der Waals surface area contributed by atoms with Crippen molar-refractivity contribution in [3.63, 3.8) is 0 Å². The lowest BCUT2D eigenvalue weighted by Gasteiger charge is -2.31. The maximum Gasteiger partial charge on any atom is 0.242 e. The van der Waals surface area contributed by atoms with Gasteiger partial charge >= 0.3 is 0 Å². The molecule has 0 aliphatic rings. The van der Waals surface area contributed by atoms with Gasteiger partial charge in [0.25, 0.3) is 0 Å². The Morgan fingerprint density at radius 2 is 1.65 bits per heavy atom. The van der Waals surface area contributed by atoms with Crippen LogP contribution in [0.4, 0.5) is 0 Å². The second-order valence-electron chi connectivity index (χ2n) is 8.43. The average molecular weight is 463 g/mol. The Labute approximate surface area is 195 Å². The largest absolute Gasteiger partial charge is 0.354 e. The fourth-order valence-corrected chi connectivity index (χ4v) is 3.69. The Hall–Kier alpha value is -2.04. The smallest absolute Gasteiger partial charge is 0.242 e. The standard InChI is InChI=1S/C25H32Cl2N2O2/c1-6-23(25(31)28-14-16(2)3)29(15-20-9-10-21(26)22(27)12-20)24(30)13-19-8-7-17(4)18(5)11-19/h7-12,16,23H,6,13-15H2,1-5H3,(H,28,31)/t23-/m0/s1. The molecule has 0 aliphatic heterocycles. The number of hydrogen-bond acceptors (Lipinski definition) is 2. The molecule has 168 valence electrons. The number of rotatable bonds is 9. The van der Waals surface area contributed by atoms with E-state index in [0.29, 0.717) is 28.9 Å². The Morgan fingerprint density at radius 1 is 0.968 bits per heavy atom. The van der Waals surface area contributed by atoms with Gasteiger partial charge in [-0.3, -0.25) is 9.59 Å². The van der Waals surface area contributed by atoms with Crippen LogP contribution in [0, 0.1) is 19.8 Å². The normalized spacial score (nSPS) is 12.0. The van der Waals surface area contributed by atoms with E-state index in [9.17, 15) is 9.59 Å². The van der Waals surface area contributed by atoms with E-state index in [1.54, 1.807) is 17.0 Å². The van der Waals surface area contributed by atoms with Crippen molar-refractivity contribution in [2.45, 2.75) is 60.0 Å². The number of aryl methyl sites for hydroxylation is 2. The molecule has 0 aromatic heterocycles. The number of halogens is 2. The summed E-state index contributed by atoms with van der Waals surface area (Å²) in [5.41, 5.74) is 4.09. The van der Waals surface area contributed by atoms with Gasteiger partial charge in [-0.05, 0) is 60.6 Å². The average Bonchev–Trinajstić information content (AvgIpc) is 2.71. The summed E-state index contributed by atoms with van der Waals surface area (Å²) in [6, 6.07) is 10.8. The summed E-state index contributed by atoms with van der Waals surface area (Å²) in [6.45, 7) is 10.9. The van der Waals surface area contributed by atoms with Crippen molar-refractivity contribution in [1.29, 1.82) is 0 Å². The summed E-state index contributed by atoms with van der Waals surface area (Å²) >= 11 is 12.2. The second kappa shape index (κ2) is 11.5. The molecular weight excluding hydrogens is 431 g/mol. The van der Waals surface area contributed by atoms with Crippen LogP contribution in [-0.4, -0.2) is 29.3 Å². The van der Waals surface area contributed by atoms with Gasteiger partial charge in [0.15, 0.2) is 0 Å². The zero-order valence-electron chi connectivity index (χ0n) is 19.0. The molecule has 0 fully saturated rings. The third-order valence-corrected chi connectivity index (χ3v) is 6.07. The zero-order valence-corrected chi connectivity index (χ0v) is 20.5. The highest BCUT2D eigenvalue weighted by molar-refractivity contribution is 6.42. The quantitative estimate of drug-likeness (QED) is 0.516. The van der Waals surface area contributed by atoms with Crippen LogP contribution in [0.2, 0.25) is 10.0 Å². The van der Waals surface area contributed by atoms with Gasteiger partial charge < -0.3 is 10.2 Å². The molecule has 0 unspecified atom stereocenters. The van der Waals surface area contributed by atoms with E-state index >= 15 is 0 Å². The minimum absolute atomic E-state index is 0.0964. The fraction of sp³-hybridized carbons (Fsp3) is 0.440. The van der Waals surface area contributed by atoms with E-state index in [1.165, 1.54) is 5.56 Å². The van der Waals surface area contributed by atoms with Crippen LogP contribution < -0.4 is 5.32 Å². The highest BCUT2D eigenvalue weighted by Crippen LogP contribution is 2.24. The van der Waals surface area contributed by atoms with Gasteiger partial charge in [0.1, 0.15) is 6.04 Å². The molecule has 2 amide bonds. The summed E-state index contributed by atoms with van der Waals surface area (Å²) in [6.07, 6.45) is 0.750. The summed E-state index contributed by atoms with van der Waals surface area (Å²) < 4.78 is 0. The molecule has 0 aliphatic carbocycles. The van der Waals surface area contributed by atoms with E-state index in [4.69, 9.17) is 23.2 Å². The maximum atomic E-state index is 13.4. The Balaban J connectivity index is 2.31. The molecule has 0 radical (unpaired) electrons. The lowest BCUT2D eigenvalue weighted by atomic mass is 10.0. The van der Waals surface area contributed by atoms with E-state index in [2.05, 4.69) is 5.32 Å². The Morgan fingerprint density at radius 3 is 2.23 bits per heavy atom. The van der Waals surface area contributed by atoms with E-state index in [1.807, 2.05) is 58.9 Å². The number of carbonyl (C=O) groups excluding carboxylic acids is 2. The van der Waals surface area contributed by atoms with Crippen molar-refractivity contribution in [2.75, 3.05) is 6.54 Å². The van der Waals surface area contributed by atoms with Crippen molar-refractivity contribution >= 4 is 35.0 Å². The second-order valence-corrected chi connectivity index (χ2v) is 9.24. The highest BCUT2D eigenvalue weighted by atomic mass is 35.5. The maximum absolute atomic E-state index is 13.4. The molecule has 6 heteroatoms. The molecule has 4 nitrogen and oxygen atoms in total. The predicted molar refractivity (Wildman–Crippen MR) is 129 cm³/mol. The first-order chi connectivity index (χ1) is 14.6. The third-order valence-electron chi connectivity index (χ3n) is 5.33. The molecule has 1 atom stereocenters. The minimum atomic E-state index is -0.563. The topological polar surface area (TPSA) is 49.4 Å². The van der Waals surface area contributed by atoms with Crippen molar-refractivity contribution < 1.29 is 9.59 Å². The van der Waals surface area contributed by atoms with Crippen LogP contribution in [0.3, 0.4) is 0 Å². The van der Waals surface area contributed by atoms with Gasteiger partial charge in [0.05, 0.1) is 16.5 Å². The predicted octanol–water partition coefficient (Wildman–Crippen LogP) is 5.73. The number of carbonyl (C=O) groups is 2. The molecule has 2 aromatic carbocycles. The van der Waals surface area contributed by atoms with Crippen molar-refractivity contribution in [1.82, 2.24) is 10.2 Å². The number of hydrogen-bond donors (Lipinski definition) is 1. The van der Waals surface area contributed by atoms with Gasteiger partial charge in [-0.1, -0.05) is 68.2 Å². The van der Waals surface area contributed by atoms with Crippen LogP contribution in [-0.2, 0) is 22.6 Å². The molecule has 0 saturated carbocycles. The number of nitrogens with zero attached hydrogens (tertiary/aromatic N) is 1. The molecule has 0 spiro atoms. The van der Waals surface area contributed by atoms with Gasteiger partial charge in [0.2, 0.25) is 11.8 Å². The molecule has 2 rings (SSSR count). The minimum Gasteiger partial charge on any atom is -0.354 e. The van der Waals surface area contributed by atoms with Gasteiger partial charge in [-0.15, -0.1) is 0 Å². The van der Waals surface area contributed by atoms with Crippen LogP contribution in [0.1, 0.15) is 49.4 Å². The van der Waals surface area contributed by atoms with Crippen LogP contribution in [0.15, 0.2) is 36.4 Å². The SMILES string of the molecule is CC[C@@H](C(=O)NCC(C)C)N(Cc1ccc(Cl)c(Cl)c1)C(=O)Cc1ccc(C)c(C)c1. The molecule has 0 bridgehead atoms. The fourth-order valence-electron chi connectivity index (χ4n) is 3.37. The third kappa shape index (κ3) is 7.26. The van der Waals surface area contributed by atoms with E-state index in [-0.39, 0.29) is 24.8 Å². The molecule has 1 N–H and O–H groups in total. The van der Waals surface area contributed by atoms with Crippen LogP contribution in [0.5, 0.6) is 0 Å². The molecule has 0 heterocycles. The van der Waals surface area contributed by atoms with Crippen LogP contribution >= 0.6 is 23.2 Å². The van der Waals surface area contributed by atoms with Gasteiger partial charge in [0, 0.05) is 13.1 Å². The van der Waals surface area contributed by atoms with Crippen LogP contribution in [0.25, 0.3) is 0 Å². The van der Waals surface area contributed by atoms with Crippen molar-refractivity contribution in [3.8, 4) is 0 Å². The van der Waals surface area contributed by atoms with E-state index in [0.717, 1.165) is 16.7 Å². The van der Waals surface area contributed by atoms with Gasteiger partial charge in [-0.25, -0.2) is 0 Å². The number of benzene rings is 2. The lowest BCUT2D eigenvalue weighted by molar-refractivity contribution is -0.141. The summed E-state index contributed by atoms with van der Waals surface area (Å²) in [7, 11) is 0. The zero-order chi connectivity index (χ0) is 23.1. The Bertz CT molecular complexity index is 928. The van der Waals surface area contributed by atoms with Crippen molar-refractivity contribution in [2.24, 2.45) is 5.92 Å². The summed E-state index contributed by atoms with van der Waals surface area (Å²) in [4.78, 5) is 28.0. The summed E-state index contributed by atoms with van der Waals surface area (Å²) in [5.74, 6) is 0.0989. The molecule has 2 aromatic rings. The number of amides is 2. The molecule has 31 heavy (non-hydrogen) atoms. The molecular formula is C25H32Cl2N2O2. The van der Waals surface area contributed by atoms with Gasteiger partial charge in [-0.2, -0.15) is 0 Å². The Kier molecular flexibility index (Phi) is 9.39. The van der Waals surface area contributed by atoms with E-state index < -0.39 is 6.04 Å². The van der Waals surface area contributed by atoms with Crippen molar-refractivity contribution in [3.05, 3.63) is 68.7 Å². The number of nitrogens with one attached hydrogen (secondary N) is 1. The highest BCUT2D eigenvalue weighted by Gasteiger charge is 2.28. The first-order valence-corrected chi connectivity index (χ1v) is 11.4. The first-order valence-electron chi connectivity index (χ1n) is 10.7. The first kappa shape index (κ1) is 25.2. The monoisotopic (exact) mass is 462 g/mol. The lowest BCUT2D eigenvalue weighted by Crippen LogP contribution is -2.50.